The van der Waals surface area contributed by atoms with Crippen LogP contribution in [0, 0.1) is 0 Å². The molecule has 2 rings (SSSR count). The predicted octanol–water partition coefficient (Wildman–Crippen LogP) is 4.07. The zero-order valence-electron chi connectivity index (χ0n) is 11.7. The highest BCUT2D eigenvalue weighted by molar-refractivity contribution is 9.10. The molecule has 0 aromatic heterocycles. The molecule has 0 spiro atoms. The van der Waals surface area contributed by atoms with Crippen molar-refractivity contribution in [2.24, 2.45) is 0 Å². The lowest BCUT2D eigenvalue weighted by atomic mass is 10.2. The van der Waals surface area contributed by atoms with Crippen molar-refractivity contribution in [3.63, 3.8) is 0 Å². The van der Waals surface area contributed by atoms with Gasteiger partial charge in [0.25, 0.3) is 5.91 Å². The molecule has 110 valence electrons. The number of hydrogen-bond acceptors (Lipinski definition) is 3. The number of carbonyl (C=O) groups excluding carboxylic acids is 1. The van der Waals surface area contributed by atoms with Gasteiger partial charge in [-0.15, -0.1) is 0 Å². The molecular formula is C16H17BrN2O2. The Hall–Kier alpha value is -2.01. The van der Waals surface area contributed by atoms with Crippen LogP contribution in [-0.4, -0.2) is 12.5 Å². The standard InChI is InChI=1S/C16H17BrN2O2/c1-2-8-21-13-5-3-4-11(9-13)16(20)19-12-6-7-14(17)15(18)10-12/h3-7,9-10H,2,8,18H2,1H3,(H,19,20). The predicted molar refractivity (Wildman–Crippen MR) is 88.7 cm³/mol. The Kier molecular flexibility index (Phi) is 5.22. The molecule has 3 N–H and O–H groups in total. The molecule has 0 saturated carbocycles. The first kappa shape index (κ1) is 15.4. The zero-order chi connectivity index (χ0) is 15.2. The van der Waals surface area contributed by atoms with E-state index in [1.165, 1.54) is 0 Å². The van der Waals surface area contributed by atoms with Crippen LogP contribution in [0.1, 0.15) is 23.7 Å². The molecule has 0 aliphatic carbocycles. The van der Waals surface area contributed by atoms with Crippen molar-refractivity contribution in [2.75, 3.05) is 17.7 Å². The Labute approximate surface area is 132 Å². The van der Waals surface area contributed by atoms with Crippen LogP contribution in [0.4, 0.5) is 11.4 Å². The third-order valence-corrected chi connectivity index (χ3v) is 3.55. The summed E-state index contributed by atoms with van der Waals surface area (Å²) in [7, 11) is 0. The zero-order valence-corrected chi connectivity index (χ0v) is 13.3. The maximum Gasteiger partial charge on any atom is 0.255 e. The molecule has 21 heavy (non-hydrogen) atoms. The smallest absolute Gasteiger partial charge is 0.255 e. The quantitative estimate of drug-likeness (QED) is 0.800. The first-order valence-electron chi connectivity index (χ1n) is 6.69. The molecule has 0 aliphatic rings. The van der Waals surface area contributed by atoms with Gasteiger partial charge in [-0.1, -0.05) is 13.0 Å². The largest absolute Gasteiger partial charge is 0.494 e. The second-order valence-corrected chi connectivity index (χ2v) is 5.42. The number of carbonyl (C=O) groups is 1. The van der Waals surface area contributed by atoms with E-state index < -0.39 is 0 Å². The topological polar surface area (TPSA) is 64.3 Å². The number of nitrogens with one attached hydrogen (secondary N) is 1. The Morgan fingerprint density at radius 2 is 2.10 bits per heavy atom. The van der Waals surface area contributed by atoms with Gasteiger partial charge in [0.1, 0.15) is 5.75 Å². The van der Waals surface area contributed by atoms with Crippen molar-refractivity contribution >= 4 is 33.2 Å². The molecule has 0 aliphatic heterocycles. The summed E-state index contributed by atoms with van der Waals surface area (Å²) in [5.41, 5.74) is 7.57. The molecule has 1 amide bonds. The van der Waals surface area contributed by atoms with E-state index in [4.69, 9.17) is 10.5 Å². The molecule has 2 aromatic carbocycles. The van der Waals surface area contributed by atoms with Gasteiger partial charge in [0.2, 0.25) is 0 Å². The Morgan fingerprint density at radius 3 is 2.81 bits per heavy atom. The lowest BCUT2D eigenvalue weighted by molar-refractivity contribution is 0.102. The fourth-order valence-corrected chi connectivity index (χ4v) is 2.02. The summed E-state index contributed by atoms with van der Waals surface area (Å²) < 4.78 is 6.33. The average Bonchev–Trinajstić information content (AvgIpc) is 2.49. The molecular weight excluding hydrogens is 332 g/mol. The van der Waals surface area contributed by atoms with Crippen LogP contribution in [0.15, 0.2) is 46.9 Å². The summed E-state index contributed by atoms with van der Waals surface area (Å²) >= 11 is 3.32. The second-order valence-electron chi connectivity index (χ2n) is 4.57. The number of nitrogen functional groups attached to an aromatic ring is 1. The monoisotopic (exact) mass is 348 g/mol. The number of benzene rings is 2. The SMILES string of the molecule is CCCOc1cccc(C(=O)Nc2ccc(Br)c(N)c2)c1. The summed E-state index contributed by atoms with van der Waals surface area (Å²) in [6.07, 6.45) is 0.925. The van der Waals surface area contributed by atoms with Gasteiger partial charge in [-0.25, -0.2) is 0 Å². The highest BCUT2D eigenvalue weighted by Crippen LogP contribution is 2.23. The number of rotatable bonds is 5. The van der Waals surface area contributed by atoms with Crippen LogP contribution < -0.4 is 15.8 Å². The minimum atomic E-state index is -0.196. The van der Waals surface area contributed by atoms with Gasteiger partial charge in [0, 0.05) is 21.4 Å². The van der Waals surface area contributed by atoms with Gasteiger partial charge in [-0.2, -0.15) is 0 Å². The lowest BCUT2D eigenvalue weighted by Crippen LogP contribution is -2.12. The van der Waals surface area contributed by atoms with Gasteiger partial charge in [-0.05, 0) is 58.7 Å². The summed E-state index contributed by atoms with van der Waals surface area (Å²) in [6, 6.07) is 12.4. The third kappa shape index (κ3) is 4.23. The Morgan fingerprint density at radius 1 is 1.29 bits per heavy atom. The summed E-state index contributed by atoms with van der Waals surface area (Å²) in [5.74, 6) is 0.499. The van der Waals surface area contributed by atoms with Crippen LogP contribution in [0.25, 0.3) is 0 Å². The van der Waals surface area contributed by atoms with E-state index in [2.05, 4.69) is 21.2 Å². The first-order valence-corrected chi connectivity index (χ1v) is 7.48. The van der Waals surface area contributed by atoms with Gasteiger partial charge < -0.3 is 15.8 Å². The van der Waals surface area contributed by atoms with Crippen molar-refractivity contribution in [3.05, 3.63) is 52.5 Å². The molecule has 0 saturated heterocycles. The maximum absolute atomic E-state index is 12.2. The van der Waals surface area contributed by atoms with Crippen LogP contribution >= 0.6 is 15.9 Å². The van der Waals surface area contributed by atoms with Gasteiger partial charge >= 0.3 is 0 Å². The minimum absolute atomic E-state index is 0.196. The third-order valence-electron chi connectivity index (χ3n) is 2.82. The van der Waals surface area contributed by atoms with Crippen LogP contribution in [-0.2, 0) is 0 Å². The Balaban J connectivity index is 2.10. The highest BCUT2D eigenvalue weighted by atomic mass is 79.9. The minimum Gasteiger partial charge on any atom is -0.494 e. The van der Waals surface area contributed by atoms with E-state index in [0.29, 0.717) is 29.3 Å². The van der Waals surface area contributed by atoms with E-state index >= 15 is 0 Å². The second kappa shape index (κ2) is 7.13. The van der Waals surface area contributed by atoms with Crippen LogP contribution in [0.3, 0.4) is 0 Å². The highest BCUT2D eigenvalue weighted by Gasteiger charge is 2.08. The molecule has 0 radical (unpaired) electrons. The number of nitrogens with two attached hydrogens (primary N) is 1. The number of ether oxygens (including phenoxy) is 1. The summed E-state index contributed by atoms with van der Waals surface area (Å²) in [6.45, 7) is 2.67. The summed E-state index contributed by atoms with van der Waals surface area (Å²) in [4.78, 5) is 12.2. The van der Waals surface area contributed by atoms with E-state index in [1.54, 1.807) is 36.4 Å². The van der Waals surface area contributed by atoms with Crippen molar-refractivity contribution in [1.29, 1.82) is 0 Å². The van der Waals surface area contributed by atoms with Crippen molar-refractivity contribution in [2.45, 2.75) is 13.3 Å². The maximum atomic E-state index is 12.2. The fourth-order valence-electron chi connectivity index (χ4n) is 1.77. The van der Waals surface area contributed by atoms with Gasteiger partial charge in [0.05, 0.1) is 6.61 Å². The first-order chi connectivity index (χ1) is 10.1. The van der Waals surface area contributed by atoms with Crippen LogP contribution in [0.2, 0.25) is 0 Å². The number of halogens is 1. The van der Waals surface area contributed by atoms with Crippen molar-refractivity contribution in [3.8, 4) is 5.75 Å². The number of amides is 1. The van der Waals surface area contributed by atoms with Crippen molar-refractivity contribution < 1.29 is 9.53 Å². The molecule has 0 unspecified atom stereocenters. The van der Waals surface area contributed by atoms with Crippen molar-refractivity contribution in [1.82, 2.24) is 0 Å². The van der Waals surface area contributed by atoms with E-state index in [-0.39, 0.29) is 5.91 Å². The molecule has 2 aromatic rings. The summed E-state index contributed by atoms with van der Waals surface area (Å²) in [5, 5.41) is 2.81. The number of hydrogen-bond donors (Lipinski definition) is 2. The fraction of sp³-hybridized carbons (Fsp3) is 0.188. The van der Waals surface area contributed by atoms with E-state index in [1.807, 2.05) is 13.0 Å². The Bertz CT molecular complexity index is 644. The molecule has 0 bridgehead atoms. The normalized spacial score (nSPS) is 10.2. The number of anilines is 2. The molecule has 0 atom stereocenters. The molecule has 4 nitrogen and oxygen atoms in total. The van der Waals surface area contributed by atoms with Crippen LogP contribution in [0.5, 0.6) is 5.75 Å². The lowest BCUT2D eigenvalue weighted by Gasteiger charge is -2.09. The molecule has 0 heterocycles. The van der Waals surface area contributed by atoms with Gasteiger partial charge in [-0.3, -0.25) is 4.79 Å². The van der Waals surface area contributed by atoms with E-state index in [0.717, 1.165) is 10.9 Å². The van der Waals surface area contributed by atoms with E-state index in [9.17, 15) is 4.79 Å². The molecule has 0 fully saturated rings. The van der Waals surface area contributed by atoms with Gasteiger partial charge in [0.15, 0.2) is 0 Å². The molecule has 5 heteroatoms. The average molecular weight is 349 g/mol.